The van der Waals surface area contributed by atoms with Crippen molar-refractivity contribution in [1.82, 2.24) is 4.98 Å². The van der Waals surface area contributed by atoms with Crippen LogP contribution in [-0.4, -0.2) is 37.6 Å². The van der Waals surface area contributed by atoms with E-state index in [1.54, 1.807) is 0 Å². The molecule has 4 aliphatic rings. The van der Waals surface area contributed by atoms with Crippen molar-refractivity contribution in [3.8, 4) is 0 Å². The number of aromatic nitrogens is 1. The lowest BCUT2D eigenvalue weighted by atomic mass is 9.53. The van der Waals surface area contributed by atoms with Gasteiger partial charge in [-0.25, -0.2) is 0 Å². The lowest BCUT2D eigenvalue weighted by molar-refractivity contribution is -0.140. The third-order valence-corrected chi connectivity index (χ3v) is 16.2. The van der Waals surface area contributed by atoms with Crippen molar-refractivity contribution in [2.24, 2.45) is 5.41 Å². The number of carboxylic acid groups (broad SMARTS) is 1. The van der Waals surface area contributed by atoms with E-state index in [2.05, 4.69) is 47.7 Å². The highest BCUT2D eigenvalue weighted by Crippen LogP contribution is 2.66. The summed E-state index contributed by atoms with van der Waals surface area (Å²) in [6.45, 7) is 16.3. The molecule has 1 N–H and O–H groups in total. The van der Waals surface area contributed by atoms with Crippen LogP contribution in [0, 0.1) is 5.41 Å². The Balaban J connectivity index is 1.64. The summed E-state index contributed by atoms with van der Waals surface area (Å²) < 4.78 is 61.0. The monoisotopic (exact) mass is 659 g/mol. The smallest absolute Gasteiger partial charge is 0.416 e. The van der Waals surface area contributed by atoms with Gasteiger partial charge in [0.05, 0.1) is 29.4 Å². The predicted molar refractivity (Wildman–Crippen MR) is 171 cm³/mol. The normalized spacial score (nSPS) is 25.4. The number of carboxylic acids is 1. The molecule has 1 saturated carbocycles. The van der Waals surface area contributed by atoms with Crippen LogP contribution in [0.3, 0.4) is 0 Å². The van der Waals surface area contributed by atoms with Gasteiger partial charge < -0.3 is 19.0 Å². The molecule has 1 aromatic carbocycles. The molecular weight excluding hydrogens is 611 g/mol. The Morgan fingerprint density at radius 1 is 1.07 bits per heavy atom. The van der Waals surface area contributed by atoms with Crippen molar-refractivity contribution < 1.29 is 37.0 Å². The molecule has 6 nitrogen and oxygen atoms in total. The first-order valence-electron chi connectivity index (χ1n) is 16.8. The van der Waals surface area contributed by atoms with Crippen LogP contribution >= 0.6 is 0 Å². The molecule has 3 atom stereocenters. The van der Waals surface area contributed by atoms with E-state index < -0.39 is 37.7 Å². The van der Waals surface area contributed by atoms with Crippen LogP contribution in [0.25, 0.3) is 0 Å². The van der Waals surface area contributed by atoms with Gasteiger partial charge in [0, 0.05) is 48.8 Å². The summed E-state index contributed by atoms with van der Waals surface area (Å²) in [5.41, 5.74) is 3.60. The zero-order valence-corrected chi connectivity index (χ0v) is 29.1. The molecule has 252 valence electrons. The minimum atomic E-state index is -4.44. The van der Waals surface area contributed by atoms with E-state index in [-0.39, 0.29) is 34.8 Å². The van der Waals surface area contributed by atoms with Crippen LogP contribution in [0.1, 0.15) is 143 Å². The first-order chi connectivity index (χ1) is 21.4. The zero-order chi connectivity index (χ0) is 33.4. The number of alkyl halides is 3. The Morgan fingerprint density at radius 3 is 2.20 bits per heavy atom. The van der Waals surface area contributed by atoms with Gasteiger partial charge in [-0.05, 0) is 72.0 Å². The largest absolute Gasteiger partial charge is 0.481 e. The highest BCUT2D eigenvalue weighted by Gasteiger charge is 2.58. The molecule has 0 amide bonds. The number of hydrogen-bond donors (Lipinski definition) is 1. The summed E-state index contributed by atoms with van der Waals surface area (Å²) in [6, 6.07) is 5.31. The number of fused-ring (bicyclic) bond motifs is 4. The first-order valence-corrected chi connectivity index (χ1v) is 19.7. The maximum Gasteiger partial charge on any atom is 0.416 e. The van der Waals surface area contributed by atoms with Crippen LogP contribution < -0.4 is 0 Å². The quantitative estimate of drug-likeness (QED) is 0.311. The van der Waals surface area contributed by atoms with Gasteiger partial charge in [0.15, 0.2) is 8.32 Å². The van der Waals surface area contributed by atoms with Crippen LogP contribution in [0.4, 0.5) is 13.2 Å². The average Bonchev–Trinajstić information content (AvgIpc) is 3.25. The molecule has 46 heavy (non-hydrogen) atoms. The number of nitrogens with zero attached hydrogens (tertiary/aromatic N) is 1. The second-order valence-corrected chi connectivity index (χ2v) is 20.7. The maximum atomic E-state index is 13.6. The minimum absolute atomic E-state index is 0.00242. The summed E-state index contributed by atoms with van der Waals surface area (Å²) in [5.74, 6) is -1.11. The Kier molecular flexibility index (Phi) is 8.34. The number of halogens is 3. The zero-order valence-electron chi connectivity index (χ0n) is 28.1. The highest BCUT2D eigenvalue weighted by atomic mass is 28.4. The third-order valence-electron chi connectivity index (χ3n) is 11.7. The number of hydrogen-bond acceptors (Lipinski definition) is 5. The fraction of sp³-hybridized carbons (Fsp3) is 0.667. The van der Waals surface area contributed by atoms with Crippen molar-refractivity contribution in [2.45, 2.75) is 134 Å². The molecule has 2 spiro atoms. The Labute approximate surface area is 271 Å². The van der Waals surface area contributed by atoms with Gasteiger partial charge >= 0.3 is 12.1 Å². The summed E-state index contributed by atoms with van der Waals surface area (Å²) in [5, 5.41) is 10.2. The molecule has 0 bridgehead atoms. The first kappa shape index (κ1) is 33.6. The molecular formula is C36H48F3NO5Si. The maximum absolute atomic E-state index is 13.6. The summed E-state index contributed by atoms with van der Waals surface area (Å²) in [6.07, 6.45) is -0.471. The van der Waals surface area contributed by atoms with Crippen molar-refractivity contribution in [3.63, 3.8) is 0 Å². The van der Waals surface area contributed by atoms with E-state index in [1.165, 1.54) is 12.1 Å². The van der Waals surface area contributed by atoms with E-state index in [9.17, 15) is 23.1 Å². The molecule has 3 heterocycles. The second kappa shape index (κ2) is 11.4. The molecule has 2 aromatic rings. The number of pyridine rings is 1. The van der Waals surface area contributed by atoms with Gasteiger partial charge in [-0.2, -0.15) is 13.2 Å². The average molecular weight is 660 g/mol. The summed E-state index contributed by atoms with van der Waals surface area (Å²) >= 11 is 0. The molecule has 10 heteroatoms. The molecule has 2 fully saturated rings. The molecule has 0 radical (unpaired) electrons. The van der Waals surface area contributed by atoms with Gasteiger partial charge in [-0.15, -0.1) is 0 Å². The van der Waals surface area contributed by atoms with Crippen LogP contribution in [0.5, 0.6) is 0 Å². The minimum Gasteiger partial charge on any atom is -0.481 e. The van der Waals surface area contributed by atoms with Crippen LogP contribution in [0.2, 0.25) is 18.1 Å². The molecule has 2 aliphatic heterocycles. The lowest BCUT2D eigenvalue weighted by Crippen LogP contribution is -2.48. The fourth-order valence-electron chi connectivity index (χ4n) is 8.14. The van der Waals surface area contributed by atoms with E-state index in [0.717, 1.165) is 65.9 Å². The van der Waals surface area contributed by atoms with Crippen molar-refractivity contribution in [2.75, 3.05) is 13.2 Å². The predicted octanol–water partition coefficient (Wildman–Crippen LogP) is 9.54. The molecule has 6 rings (SSSR count). The number of carbonyl (C=O) groups is 1. The Hall–Kier alpha value is -2.27. The topological polar surface area (TPSA) is 77.9 Å². The van der Waals surface area contributed by atoms with Gasteiger partial charge in [0.25, 0.3) is 0 Å². The number of benzene rings is 1. The van der Waals surface area contributed by atoms with Gasteiger partial charge in [0.2, 0.25) is 0 Å². The number of rotatable bonds is 6. The SMILES string of the molecule is CC(C)c1nc2c(c3c1[C@@H](c1ccc(C(F)(F)F)cc1)OC31CCOCC1)[C@@H](O[Si](C)(C)C(C)(C)C)CC1(CCC1)[C@H]2CC(=O)O. The van der Waals surface area contributed by atoms with E-state index in [1.807, 2.05) is 0 Å². The second-order valence-electron chi connectivity index (χ2n) is 15.9. The van der Waals surface area contributed by atoms with Crippen LogP contribution in [-0.2, 0) is 30.5 Å². The van der Waals surface area contributed by atoms with Crippen molar-refractivity contribution >= 4 is 14.3 Å². The van der Waals surface area contributed by atoms with Crippen molar-refractivity contribution in [1.29, 1.82) is 0 Å². The molecule has 0 unspecified atom stereocenters. The van der Waals surface area contributed by atoms with Gasteiger partial charge in [-0.3, -0.25) is 9.78 Å². The molecule has 1 aromatic heterocycles. The van der Waals surface area contributed by atoms with Crippen LogP contribution in [0.15, 0.2) is 24.3 Å². The van der Waals surface area contributed by atoms with E-state index in [0.29, 0.717) is 31.6 Å². The highest BCUT2D eigenvalue weighted by molar-refractivity contribution is 6.74. The standard InChI is InChI=1S/C36H48F3NO5Si/c1-21(2)30-28-29(35(15-17-43-18-16-35)44-32(28)22-9-11-23(12-10-22)36(37,38)39)27-25(45-46(6,7)33(3,4)5)20-34(13-8-14-34)24(19-26(41)42)31(27)40-30/h9-12,21,24-25,32H,8,13-20H2,1-7H3,(H,41,42)/t24-,25-,32+/m0/s1. The van der Waals surface area contributed by atoms with E-state index >= 15 is 0 Å². The Morgan fingerprint density at radius 2 is 1.70 bits per heavy atom. The summed E-state index contributed by atoms with van der Waals surface area (Å²) in [7, 11) is -2.32. The lowest BCUT2D eigenvalue weighted by Gasteiger charge is -2.55. The van der Waals surface area contributed by atoms with Crippen molar-refractivity contribution in [3.05, 3.63) is 63.5 Å². The molecule has 1 saturated heterocycles. The third kappa shape index (κ3) is 5.54. The Bertz CT molecular complexity index is 1490. The van der Waals surface area contributed by atoms with Gasteiger partial charge in [-0.1, -0.05) is 53.2 Å². The van der Waals surface area contributed by atoms with Gasteiger partial charge in [0.1, 0.15) is 6.10 Å². The molecule has 2 aliphatic carbocycles. The summed E-state index contributed by atoms with van der Waals surface area (Å²) in [4.78, 5) is 17.9. The number of ether oxygens (including phenoxy) is 2. The fourth-order valence-corrected chi connectivity index (χ4v) is 9.41. The number of aliphatic carboxylic acids is 1. The van der Waals surface area contributed by atoms with E-state index in [4.69, 9.17) is 18.9 Å².